The molecule has 1 aliphatic heterocycles. The molecule has 1 aliphatic rings. The highest BCUT2D eigenvalue weighted by Crippen LogP contribution is 2.15. The summed E-state index contributed by atoms with van der Waals surface area (Å²) >= 11 is 1.62. The first kappa shape index (κ1) is 15.8. The Morgan fingerprint density at radius 3 is 2.81 bits per heavy atom. The van der Waals surface area contributed by atoms with E-state index in [0.717, 1.165) is 16.5 Å². The topological polar surface area (TPSA) is 74.2 Å². The van der Waals surface area contributed by atoms with Gasteiger partial charge in [0.1, 0.15) is 0 Å². The number of aliphatic imine (C=N–C) groups is 1. The lowest BCUT2D eigenvalue weighted by atomic mass is 10.1. The van der Waals surface area contributed by atoms with Crippen LogP contribution in [0.3, 0.4) is 0 Å². The van der Waals surface area contributed by atoms with E-state index in [1.54, 1.807) is 23.9 Å². The average Bonchev–Trinajstić information content (AvgIpc) is 2.54. The number of benzene rings is 1. The molecule has 2 rings (SSSR count). The summed E-state index contributed by atoms with van der Waals surface area (Å²) < 4.78 is 4.67. The molecule has 0 amide bonds. The molecule has 0 atom stereocenters. The van der Waals surface area contributed by atoms with Crippen molar-refractivity contribution < 1.29 is 14.6 Å². The van der Waals surface area contributed by atoms with Crippen LogP contribution >= 0.6 is 11.8 Å². The quantitative estimate of drug-likeness (QED) is 0.787. The molecular formula is C14H19N3O3S. The number of hydrogen-bond donors (Lipinski definition) is 2. The summed E-state index contributed by atoms with van der Waals surface area (Å²) in [5, 5.41) is 13.0. The van der Waals surface area contributed by atoms with Crippen LogP contribution in [0.15, 0.2) is 29.3 Å². The molecule has 0 aliphatic carbocycles. The Labute approximate surface area is 128 Å². The third-order valence-electron chi connectivity index (χ3n) is 3.04. The highest BCUT2D eigenvalue weighted by Gasteiger charge is 2.11. The number of β-amino-alcohol motifs (C(OH)–C–C–N with tert-alkyl or cyclic N) is 1. The number of amidine groups is 1. The zero-order valence-electron chi connectivity index (χ0n) is 11.9. The first-order chi connectivity index (χ1) is 10.2. The average molecular weight is 309 g/mol. The van der Waals surface area contributed by atoms with Gasteiger partial charge >= 0.3 is 5.97 Å². The number of rotatable bonds is 5. The predicted molar refractivity (Wildman–Crippen MR) is 83.2 cm³/mol. The fourth-order valence-corrected chi connectivity index (χ4v) is 2.66. The van der Waals surface area contributed by atoms with E-state index in [4.69, 9.17) is 5.11 Å². The van der Waals surface area contributed by atoms with Gasteiger partial charge in [0.25, 0.3) is 0 Å². The number of carbonyl (C=O) groups is 1. The number of thioether (sulfide) groups is 1. The van der Waals surface area contributed by atoms with Crippen LogP contribution in [0.4, 0.5) is 0 Å². The fourth-order valence-electron chi connectivity index (χ4n) is 1.84. The van der Waals surface area contributed by atoms with Gasteiger partial charge in [-0.25, -0.2) is 9.79 Å². The Morgan fingerprint density at radius 2 is 2.24 bits per heavy atom. The molecule has 0 bridgehead atoms. The monoisotopic (exact) mass is 309 g/mol. The Morgan fingerprint density at radius 1 is 1.48 bits per heavy atom. The van der Waals surface area contributed by atoms with Crippen molar-refractivity contribution in [2.75, 3.05) is 33.6 Å². The highest BCUT2D eigenvalue weighted by atomic mass is 32.2. The first-order valence-corrected chi connectivity index (χ1v) is 7.63. The standard InChI is InChI=1S/C14H19N3O3S/c1-20-13(19)12-4-2-11(3-5-12)8-21-14-15-9-17(6-7-18)10-16-14/h2-5,18H,6-10H2,1H3,(H,15,16). The van der Waals surface area contributed by atoms with E-state index in [2.05, 4.69) is 15.0 Å². The normalized spacial score (nSPS) is 15.2. The summed E-state index contributed by atoms with van der Waals surface area (Å²) in [5.74, 6) is 0.462. The summed E-state index contributed by atoms with van der Waals surface area (Å²) in [5.41, 5.74) is 1.67. The van der Waals surface area contributed by atoms with E-state index < -0.39 is 0 Å². The lowest BCUT2D eigenvalue weighted by Gasteiger charge is -2.25. The second-order valence-electron chi connectivity index (χ2n) is 4.53. The van der Waals surface area contributed by atoms with Crippen LogP contribution in [0.5, 0.6) is 0 Å². The van der Waals surface area contributed by atoms with Crippen molar-refractivity contribution in [2.24, 2.45) is 4.99 Å². The summed E-state index contributed by atoms with van der Waals surface area (Å²) in [7, 11) is 1.37. The summed E-state index contributed by atoms with van der Waals surface area (Å²) in [6.07, 6.45) is 0. The molecule has 0 unspecified atom stereocenters. The van der Waals surface area contributed by atoms with Crippen LogP contribution in [-0.4, -0.2) is 54.7 Å². The van der Waals surface area contributed by atoms with Gasteiger partial charge in [0.2, 0.25) is 0 Å². The van der Waals surface area contributed by atoms with Crippen LogP contribution in [0, 0.1) is 0 Å². The number of aliphatic hydroxyl groups excluding tert-OH is 1. The van der Waals surface area contributed by atoms with Crippen molar-refractivity contribution >= 4 is 22.9 Å². The second kappa shape index (κ2) is 8.02. The molecule has 1 heterocycles. The largest absolute Gasteiger partial charge is 0.465 e. The van der Waals surface area contributed by atoms with Gasteiger partial charge in [-0.1, -0.05) is 23.9 Å². The van der Waals surface area contributed by atoms with Crippen LogP contribution in [0.25, 0.3) is 0 Å². The van der Waals surface area contributed by atoms with E-state index in [-0.39, 0.29) is 12.6 Å². The number of esters is 1. The molecular weight excluding hydrogens is 290 g/mol. The molecule has 7 heteroatoms. The number of hydrogen-bond acceptors (Lipinski definition) is 7. The second-order valence-corrected chi connectivity index (χ2v) is 5.50. The molecule has 0 radical (unpaired) electrons. The van der Waals surface area contributed by atoms with Crippen molar-refractivity contribution in [3.63, 3.8) is 0 Å². The van der Waals surface area contributed by atoms with Crippen LogP contribution in [0.1, 0.15) is 15.9 Å². The minimum Gasteiger partial charge on any atom is -0.465 e. The first-order valence-electron chi connectivity index (χ1n) is 6.64. The molecule has 0 saturated carbocycles. The number of carbonyl (C=O) groups excluding carboxylic acids is 1. The van der Waals surface area contributed by atoms with Gasteiger partial charge in [-0.2, -0.15) is 0 Å². The molecule has 1 aromatic rings. The maximum absolute atomic E-state index is 11.3. The smallest absolute Gasteiger partial charge is 0.337 e. The highest BCUT2D eigenvalue weighted by molar-refractivity contribution is 8.13. The summed E-state index contributed by atoms with van der Waals surface area (Å²) in [4.78, 5) is 17.8. The molecule has 114 valence electrons. The SMILES string of the molecule is COC(=O)c1ccc(CSC2=NCN(CCO)CN2)cc1. The van der Waals surface area contributed by atoms with Crippen molar-refractivity contribution in [1.82, 2.24) is 10.2 Å². The number of methoxy groups -OCH3 is 1. The van der Waals surface area contributed by atoms with Crippen molar-refractivity contribution in [2.45, 2.75) is 5.75 Å². The molecule has 0 aromatic heterocycles. The molecule has 0 spiro atoms. The molecule has 2 N–H and O–H groups in total. The number of ether oxygens (including phenoxy) is 1. The Balaban J connectivity index is 1.82. The van der Waals surface area contributed by atoms with Gasteiger partial charge in [-0.15, -0.1) is 0 Å². The van der Waals surface area contributed by atoms with Crippen molar-refractivity contribution in [1.29, 1.82) is 0 Å². The minimum absolute atomic E-state index is 0.145. The third-order valence-corrected chi connectivity index (χ3v) is 4.06. The lowest BCUT2D eigenvalue weighted by molar-refractivity contribution is 0.0600. The van der Waals surface area contributed by atoms with E-state index in [9.17, 15) is 4.79 Å². The zero-order chi connectivity index (χ0) is 15.1. The predicted octanol–water partition coefficient (Wildman–Crippen LogP) is 0.875. The van der Waals surface area contributed by atoms with Gasteiger partial charge in [0.15, 0.2) is 5.17 Å². The third kappa shape index (κ3) is 4.73. The van der Waals surface area contributed by atoms with Crippen LogP contribution in [-0.2, 0) is 10.5 Å². The maximum Gasteiger partial charge on any atom is 0.337 e. The van der Waals surface area contributed by atoms with Gasteiger partial charge < -0.3 is 15.2 Å². The van der Waals surface area contributed by atoms with E-state index in [1.807, 2.05) is 17.0 Å². The fraction of sp³-hybridized carbons (Fsp3) is 0.429. The number of nitrogens with zero attached hydrogens (tertiary/aromatic N) is 2. The van der Waals surface area contributed by atoms with Gasteiger partial charge in [0.05, 0.1) is 32.6 Å². The summed E-state index contributed by atoms with van der Waals surface area (Å²) in [6, 6.07) is 7.36. The summed E-state index contributed by atoms with van der Waals surface area (Å²) in [6.45, 7) is 2.08. The lowest BCUT2D eigenvalue weighted by Crippen LogP contribution is -2.42. The molecule has 6 nitrogen and oxygen atoms in total. The van der Waals surface area contributed by atoms with Crippen molar-refractivity contribution in [3.8, 4) is 0 Å². The molecule has 21 heavy (non-hydrogen) atoms. The Hall–Kier alpha value is -1.57. The van der Waals surface area contributed by atoms with Crippen LogP contribution < -0.4 is 5.32 Å². The van der Waals surface area contributed by atoms with Gasteiger partial charge in [-0.3, -0.25) is 4.90 Å². The van der Waals surface area contributed by atoms with E-state index >= 15 is 0 Å². The Kier molecular flexibility index (Phi) is 6.04. The Bertz CT molecular complexity index is 505. The molecule has 1 aromatic carbocycles. The molecule has 0 saturated heterocycles. The number of nitrogens with one attached hydrogen (secondary N) is 1. The van der Waals surface area contributed by atoms with Crippen molar-refractivity contribution in [3.05, 3.63) is 35.4 Å². The van der Waals surface area contributed by atoms with E-state index in [1.165, 1.54) is 7.11 Å². The molecule has 0 fully saturated rings. The maximum atomic E-state index is 11.3. The number of aliphatic hydroxyl groups is 1. The van der Waals surface area contributed by atoms with E-state index in [0.29, 0.717) is 25.4 Å². The van der Waals surface area contributed by atoms with Crippen LogP contribution in [0.2, 0.25) is 0 Å². The van der Waals surface area contributed by atoms with Gasteiger partial charge in [0, 0.05) is 12.3 Å². The minimum atomic E-state index is -0.323. The zero-order valence-corrected chi connectivity index (χ0v) is 12.7. The van der Waals surface area contributed by atoms with Gasteiger partial charge in [-0.05, 0) is 17.7 Å².